The normalized spacial score (nSPS) is 11.4. The van der Waals surface area contributed by atoms with Crippen molar-refractivity contribution in [1.82, 2.24) is 10.6 Å². The predicted octanol–water partition coefficient (Wildman–Crippen LogP) is 2.33. The lowest BCUT2D eigenvalue weighted by Gasteiger charge is -2.12. The van der Waals surface area contributed by atoms with Crippen LogP contribution in [0.4, 0.5) is 0 Å². The molecule has 1 aromatic carbocycles. The molecule has 102 valence electrons. The third kappa shape index (κ3) is 6.62. The fourth-order valence-corrected chi connectivity index (χ4v) is 1.72. The van der Waals surface area contributed by atoms with Crippen LogP contribution < -0.4 is 10.6 Å². The molecule has 4 heteroatoms. The van der Waals surface area contributed by atoms with Gasteiger partial charge < -0.3 is 10.6 Å². The maximum absolute atomic E-state index is 11.7. The summed E-state index contributed by atoms with van der Waals surface area (Å²) in [6, 6.07) is 10.1. The van der Waals surface area contributed by atoms with Crippen LogP contribution in [-0.2, 0) is 4.79 Å². The number of rotatable bonds is 7. The summed E-state index contributed by atoms with van der Waals surface area (Å²) in [5.41, 5.74) is 1.22. The minimum Gasteiger partial charge on any atom is -0.355 e. The summed E-state index contributed by atoms with van der Waals surface area (Å²) in [6.07, 6.45) is 0.552. The first kappa shape index (κ1) is 16.9. The molecule has 0 radical (unpaired) electrons. The van der Waals surface area contributed by atoms with Gasteiger partial charge in [-0.25, -0.2) is 0 Å². The number of hydrogen-bond acceptors (Lipinski definition) is 2. The molecule has 1 aromatic rings. The maximum Gasteiger partial charge on any atom is 0.220 e. The van der Waals surface area contributed by atoms with Crippen LogP contribution >= 0.6 is 12.4 Å². The van der Waals surface area contributed by atoms with E-state index in [9.17, 15) is 4.79 Å². The van der Waals surface area contributed by atoms with Crippen molar-refractivity contribution in [3.8, 4) is 0 Å². The highest BCUT2D eigenvalue weighted by Crippen LogP contribution is 2.17. The monoisotopic (exact) mass is 270 g/mol. The van der Waals surface area contributed by atoms with Crippen LogP contribution in [0.15, 0.2) is 30.3 Å². The van der Waals surface area contributed by atoms with Crippen molar-refractivity contribution < 1.29 is 4.79 Å². The summed E-state index contributed by atoms with van der Waals surface area (Å²) in [4.78, 5) is 11.7. The lowest BCUT2D eigenvalue weighted by Crippen LogP contribution is -2.32. The molecule has 1 amide bonds. The largest absolute Gasteiger partial charge is 0.355 e. The Morgan fingerprint density at radius 2 is 1.89 bits per heavy atom. The van der Waals surface area contributed by atoms with E-state index in [0.29, 0.717) is 13.0 Å². The fourth-order valence-electron chi connectivity index (χ4n) is 1.72. The first-order valence-corrected chi connectivity index (χ1v) is 6.26. The molecule has 0 aliphatic heterocycles. The van der Waals surface area contributed by atoms with Crippen LogP contribution in [0, 0.1) is 0 Å². The van der Waals surface area contributed by atoms with Gasteiger partial charge in [0.1, 0.15) is 0 Å². The molecular weight excluding hydrogens is 248 g/mol. The minimum absolute atomic E-state index is 0. The van der Waals surface area contributed by atoms with Crippen molar-refractivity contribution in [2.24, 2.45) is 0 Å². The van der Waals surface area contributed by atoms with Crippen molar-refractivity contribution in [1.29, 1.82) is 0 Å². The topological polar surface area (TPSA) is 41.1 Å². The van der Waals surface area contributed by atoms with Crippen LogP contribution in [0.5, 0.6) is 0 Å². The first-order chi connectivity index (χ1) is 8.24. The Hall–Kier alpha value is -1.06. The molecule has 1 rings (SSSR count). The second kappa shape index (κ2) is 9.92. The number of carbonyl (C=O) groups is 1. The predicted molar refractivity (Wildman–Crippen MR) is 78.3 cm³/mol. The highest BCUT2D eigenvalue weighted by atomic mass is 35.5. The zero-order valence-corrected chi connectivity index (χ0v) is 11.9. The zero-order valence-electron chi connectivity index (χ0n) is 11.1. The average Bonchev–Trinajstić information content (AvgIpc) is 2.36. The molecule has 18 heavy (non-hydrogen) atoms. The number of hydrogen-bond donors (Lipinski definition) is 2. The standard InChI is InChI=1S/C14H22N2O.ClH/c1-3-15-9-10-16-14(17)11-12(2)13-7-5-4-6-8-13;/h4-8,12,15H,3,9-11H2,1-2H3,(H,16,17);1H. The van der Waals surface area contributed by atoms with Crippen molar-refractivity contribution in [2.45, 2.75) is 26.2 Å². The maximum atomic E-state index is 11.7. The molecule has 0 heterocycles. The number of halogens is 1. The summed E-state index contributed by atoms with van der Waals surface area (Å²) in [5, 5.41) is 6.09. The third-order valence-electron chi connectivity index (χ3n) is 2.73. The van der Waals surface area contributed by atoms with Gasteiger partial charge in [-0.3, -0.25) is 4.79 Å². The summed E-state index contributed by atoms with van der Waals surface area (Å²) in [5.74, 6) is 0.398. The van der Waals surface area contributed by atoms with Gasteiger partial charge in [0, 0.05) is 19.5 Å². The van der Waals surface area contributed by atoms with E-state index in [1.807, 2.05) is 18.2 Å². The minimum atomic E-state index is 0. The summed E-state index contributed by atoms with van der Waals surface area (Å²) >= 11 is 0. The molecule has 0 saturated heterocycles. The Bertz CT molecular complexity index is 330. The molecular formula is C14H23ClN2O. The van der Waals surface area contributed by atoms with Gasteiger partial charge in [0.2, 0.25) is 5.91 Å². The van der Waals surface area contributed by atoms with Gasteiger partial charge in [0.25, 0.3) is 0 Å². The molecule has 0 saturated carbocycles. The van der Waals surface area contributed by atoms with Crippen LogP contribution in [-0.4, -0.2) is 25.5 Å². The van der Waals surface area contributed by atoms with Crippen LogP contribution in [0.2, 0.25) is 0 Å². The van der Waals surface area contributed by atoms with E-state index < -0.39 is 0 Å². The SMILES string of the molecule is CCNCCNC(=O)CC(C)c1ccccc1.Cl. The van der Waals surface area contributed by atoms with Crippen LogP contribution in [0.3, 0.4) is 0 Å². The molecule has 1 atom stereocenters. The second-order valence-corrected chi connectivity index (χ2v) is 4.22. The Balaban J connectivity index is 0.00000289. The van der Waals surface area contributed by atoms with E-state index in [2.05, 4.69) is 36.6 Å². The third-order valence-corrected chi connectivity index (χ3v) is 2.73. The Morgan fingerprint density at radius 3 is 2.50 bits per heavy atom. The summed E-state index contributed by atoms with van der Waals surface area (Å²) in [7, 11) is 0. The number of amides is 1. The molecule has 1 unspecified atom stereocenters. The van der Waals surface area contributed by atoms with E-state index in [4.69, 9.17) is 0 Å². The zero-order chi connectivity index (χ0) is 12.5. The molecule has 3 nitrogen and oxygen atoms in total. The first-order valence-electron chi connectivity index (χ1n) is 6.26. The number of carbonyl (C=O) groups excluding carboxylic acids is 1. The summed E-state index contributed by atoms with van der Waals surface area (Å²) in [6.45, 7) is 6.62. The highest BCUT2D eigenvalue weighted by molar-refractivity contribution is 5.85. The average molecular weight is 271 g/mol. The van der Waals surface area contributed by atoms with E-state index in [0.717, 1.165) is 13.1 Å². The van der Waals surface area contributed by atoms with Crippen LogP contribution in [0.25, 0.3) is 0 Å². The van der Waals surface area contributed by atoms with Gasteiger partial charge in [-0.2, -0.15) is 0 Å². The fraction of sp³-hybridized carbons (Fsp3) is 0.500. The Morgan fingerprint density at radius 1 is 1.22 bits per heavy atom. The Labute approximate surface area is 116 Å². The Kier molecular flexibility index (Phi) is 9.33. The number of nitrogens with one attached hydrogen (secondary N) is 2. The molecule has 0 aromatic heterocycles. The lowest BCUT2D eigenvalue weighted by atomic mass is 9.98. The molecule has 0 spiro atoms. The van der Waals surface area contributed by atoms with E-state index >= 15 is 0 Å². The van der Waals surface area contributed by atoms with Crippen LogP contribution in [0.1, 0.15) is 31.7 Å². The lowest BCUT2D eigenvalue weighted by molar-refractivity contribution is -0.121. The van der Waals surface area contributed by atoms with Crippen molar-refractivity contribution in [2.75, 3.05) is 19.6 Å². The van der Waals surface area contributed by atoms with E-state index in [-0.39, 0.29) is 24.2 Å². The van der Waals surface area contributed by atoms with Gasteiger partial charge in [0.05, 0.1) is 0 Å². The smallest absolute Gasteiger partial charge is 0.220 e. The molecule has 0 bridgehead atoms. The molecule has 0 aliphatic rings. The van der Waals surface area contributed by atoms with Crippen molar-refractivity contribution in [3.63, 3.8) is 0 Å². The van der Waals surface area contributed by atoms with Gasteiger partial charge >= 0.3 is 0 Å². The number of benzene rings is 1. The van der Waals surface area contributed by atoms with Gasteiger partial charge in [-0.1, -0.05) is 44.2 Å². The van der Waals surface area contributed by atoms with E-state index in [1.165, 1.54) is 5.56 Å². The van der Waals surface area contributed by atoms with E-state index in [1.54, 1.807) is 0 Å². The quantitative estimate of drug-likeness (QED) is 0.747. The number of likely N-dealkylation sites (N-methyl/N-ethyl adjacent to an activating group) is 1. The van der Waals surface area contributed by atoms with Gasteiger partial charge in [0.15, 0.2) is 0 Å². The van der Waals surface area contributed by atoms with Crippen molar-refractivity contribution >= 4 is 18.3 Å². The second-order valence-electron chi connectivity index (χ2n) is 4.22. The molecule has 0 aliphatic carbocycles. The van der Waals surface area contributed by atoms with Gasteiger partial charge in [-0.15, -0.1) is 12.4 Å². The highest BCUT2D eigenvalue weighted by Gasteiger charge is 2.09. The van der Waals surface area contributed by atoms with Crippen molar-refractivity contribution in [3.05, 3.63) is 35.9 Å². The molecule has 2 N–H and O–H groups in total. The van der Waals surface area contributed by atoms with Gasteiger partial charge in [-0.05, 0) is 18.0 Å². The summed E-state index contributed by atoms with van der Waals surface area (Å²) < 4.78 is 0. The molecule has 0 fully saturated rings.